The van der Waals surface area contributed by atoms with E-state index in [9.17, 15) is 9.59 Å². The van der Waals surface area contributed by atoms with Crippen molar-refractivity contribution in [1.82, 2.24) is 0 Å². The fraction of sp³-hybridized carbons (Fsp3) is 0.385. The maximum atomic E-state index is 13.5. The van der Waals surface area contributed by atoms with Gasteiger partial charge in [-0.3, -0.25) is 14.5 Å². The molecule has 0 aromatic heterocycles. The first-order valence-electron chi connectivity index (χ1n) is 10.4. The smallest absolute Gasteiger partial charge is 0.232 e. The van der Waals surface area contributed by atoms with Crippen molar-refractivity contribution in [3.8, 4) is 0 Å². The Balaban J connectivity index is 1.94. The second-order valence-corrected chi connectivity index (χ2v) is 9.44. The molecule has 29 heavy (non-hydrogen) atoms. The van der Waals surface area contributed by atoms with Gasteiger partial charge in [-0.15, -0.1) is 0 Å². The number of hydrogen-bond acceptors (Lipinski definition) is 2. The molecule has 0 bridgehead atoms. The number of anilines is 1. The Bertz CT molecular complexity index is 1010. The van der Waals surface area contributed by atoms with Crippen LogP contribution in [0.5, 0.6) is 0 Å². The summed E-state index contributed by atoms with van der Waals surface area (Å²) in [6.45, 7) is 10.4. The lowest BCUT2D eigenvalue weighted by molar-refractivity contribution is -0.121. The number of allylic oxidation sites excluding steroid dienone is 2. The van der Waals surface area contributed by atoms with Crippen molar-refractivity contribution in [2.24, 2.45) is 5.41 Å². The van der Waals surface area contributed by atoms with E-state index in [2.05, 4.69) is 45.0 Å². The summed E-state index contributed by atoms with van der Waals surface area (Å²) in [6, 6.07) is 14.4. The lowest BCUT2D eigenvalue weighted by Crippen LogP contribution is -2.44. The summed E-state index contributed by atoms with van der Waals surface area (Å²) in [5.41, 5.74) is 6.91. The predicted molar refractivity (Wildman–Crippen MR) is 117 cm³/mol. The van der Waals surface area contributed by atoms with Crippen LogP contribution in [0.2, 0.25) is 0 Å². The monoisotopic (exact) mass is 387 g/mol. The highest BCUT2D eigenvalue weighted by atomic mass is 16.2. The molecule has 1 amide bonds. The fourth-order valence-electron chi connectivity index (χ4n) is 4.92. The van der Waals surface area contributed by atoms with Crippen molar-refractivity contribution >= 4 is 17.4 Å². The van der Waals surface area contributed by atoms with Crippen LogP contribution in [0.1, 0.15) is 61.3 Å². The van der Waals surface area contributed by atoms with Gasteiger partial charge in [0.1, 0.15) is 0 Å². The third-order valence-corrected chi connectivity index (χ3v) is 6.29. The van der Waals surface area contributed by atoms with Crippen LogP contribution in [0.25, 0.3) is 0 Å². The molecule has 3 heteroatoms. The molecule has 2 aromatic carbocycles. The summed E-state index contributed by atoms with van der Waals surface area (Å²) < 4.78 is 0. The lowest BCUT2D eigenvalue weighted by atomic mass is 9.69. The lowest BCUT2D eigenvalue weighted by Gasteiger charge is -2.43. The second kappa shape index (κ2) is 6.98. The Kier molecular flexibility index (Phi) is 4.72. The van der Waals surface area contributed by atoms with Gasteiger partial charge in [-0.05, 0) is 49.3 Å². The van der Waals surface area contributed by atoms with Crippen molar-refractivity contribution in [2.75, 3.05) is 4.90 Å². The van der Waals surface area contributed by atoms with Gasteiger partial charge in [-0.2, -0.15) is 0 Å². The van der Waals surface area contributed by atoms with Crippen LogP contribution >= 0.6 is 0 Å². The first-order valence-corrected chi connectivity index (χ1v) is 10.4. The highest BCUT2D eigenvalue weighted by Gasteiger charge is 2.44. The van der Waals surface area contributed by atoms with Crippen LogP contribution < -0.4 is 4.90 Å². The zero-order valence-corrected chi connectivity index (χ0v) is 18.0. The summed E-state index contributed by atoms with van der Waals surface area (Å²) in [4.78, 5) is 28.7. The summed E-state index contributed by atoms with van der Waals surface area (Å²) in [6.07, 6.45) is 1.60. The van der Waals surface area contributed by atoms with Crippen molar-refractivity contribution in [3.63, 3.8) is 0 Å². The van der Waals surface area contributed by atoms with Crippen LogP contribution in [0, 0.1) is 26.2 Å². The maximum absolute atomic E-state index is 13.5. The molecule has 0 saturated heterocycles. The standard InChI is InChI=1S/C26H29NO2/c1-16-9-11-19(12-10-16)20-13-23(29)27(25-17(2)7-6-8-18(25)3)21-14-26(4,5)15-22(28)24(20)21/h6-12,20H,13-15H2,1-5H3. The maximum Gasteiger partial charge on any atom is 0.232 e. The van der Waals surface area contributed by atoms with Gasteiger partial charge in [-0.25, -0.2) is 0 Å². The first-order chi connectivity index (χ1) is 13.7. The number of amides is 1. The van der Waals surface area contributed by atoms with E-state index in [1.54, 1.807) is 0 Å². The Morgan fingerprint density at radius 1 is 0.897 bits per heavy atom. The first kappa shape index (κ1) is 19.6. The normalized spacial score (nSPS) is 21.4. The molecule has 0 spiro atoms. The quantitative estimate of drug-likeness (QED) is 0.655. The van der Waals surface area contributed by atoms with E-state index in [-0.39, 0.29) is 23.0 Å². The highest BCUT2D eigenvalue weighted by molar-refractivity contribution is 6.08. The van der Waals surface area contributed by atoms with Crippen molar-refractivity contribution in [2.45, 2.75) is 59.8 Å². The summed E-state index contributed by atoms with van der Waals surface area (Å²) in [5, 5.41) is 0. The number of aryl methyl sites for hydroxylation is 3. The largest absolute Gasteiger partial charge is 0.294 e. The van der Waals surface area contributed by atoms with Gasteiger partial charge in [0.05, 0.1) is 5.69 Å². The number of hydrogen-bond donors (Lipinski definition) is 0. The minimum Gasteiger partial charge on any atom is -0.294 e. The number of carbonyl (C=O) groups excluding carboxylic acids is 2. The van der Waals surface area contributed by atoms with Crippen LogP contribution in [0.4, 0.5) is 5.69 Å². The molecule has 0 radical (unpaired) electrons. The van der Waals surface area contributed by atoms with E-state index < -0.39 is 0 Å². The summed E-state index contributed by atoms with van der Waals surface area (Å²) in [7, 11) is 0. The van der Waals surface area contributed by atoms with Gasteiger partial charge in [0.25, 0.3) is 0 Å². The molecular formula is C26H29NO2. The van der Waals surface area contributed by atoms with Gasteiger partial charge in [-0.1, -0.05) is 61.9 Å². The number of nitrogens with zero attached hydrogens (tertiary/aromatic N) is 1. The highest BCUT2D eigenvalue weighted by Crippen LogP contribution is 2.49. The summed E-state index contributed by atoms with van der Waals surface area (Å²) >= 11 is 0. The Morgan fingerprint density at radius 3 is 2.14 bits per heavy atom. The molecular weight excluding hydrogens is 358 g/mol. The molecule has 150 valence electrons. The number of ketones is 1. The molecule has 0 fully saturated rings. The van der Waals surface area contributed by atoms with Crippen molar-refractivity contribution < 1.29 is 9.59 Å². The molecule has 3 nitrogen and oxygen atoms in total. The Labute approximate surface area is 173 Å². The number of carbonyl (C=O) groups is 2. The van der Waals surface area contributed by atoms with E-state index in [0.29, 0.717) is 12.8 Å². The minimum atomic E-state index is -0.153. The Hall–Kier alpha value is -2.68. The van der Waals surface area contributed by atoms with Gasteiger partial charge >= 0.3 is 0 Å². The van der Waals surface area contributed by atoms with E-state index >= 15 is 0 Å². The van der Waals surface area contributed by atoms with E-state index in [1.165, 1.54) is 5.56 Å². The second-order valence-electron chi connectivity index (χ2n) is 9.44. The molecule has 1 atom stereocenters. The molecule has 1 unspecified atom stereocenters. The van der Waals surface area contributed by atoms with Crippen molar-refractivity contribution in [3.05, 3.63) is 76.0 Å². The number of benzene rings is 2. The topological polar surface area (TPSA) is 37.4 Å². The van der Waals surface area contributed by atoms with Crippen molar-refractivity contribution in [1.29, 1.82) is 0 Å². The van der Waals surface area contributed by atoms with Gasteiger partial charge in [0.2, 0.25) is 5.91 Å². The number of rotatable bonds is 2. The van der Waals surface area contributed by atoms with E-state index in [0.717, 1.165) is 40.1 Å². The van der Waals surface area contributed by atoms with Crippen LogP contribution in [0.3, 0.4) is 0 Å². The molecule has 0 saturated carbocycles. The molecule has 4 rings (SSSR count). The third-order valence-electron chi connectivity index (χ3n) is 6.29. The Morgan fingerprint density at radius 2 is 1.52 bits per heavy atom. The molecule has 2 aliphatic rings. The molecule has 1 aliphatic heterocycles. The molecule has 1 aliphatic carbocycles. The van der Waals surface area contributed by atoms with Crippen LogP contribution in [-0.2, 0) is 9.59 Å². The molecule has 2 aromatic rings. The van der Waals surface area contributed by atoms with E-state index in [4.69, 9.17) is 0 Å². The zero-order valence-electron chi connectivity index (χ0n) is 18.0. The minimum absolute atomic E-state index is 0.0808. The average Bonchev–Trinajstić information content (AvgIpc) is 2.62. The predicted octanol–water partition coefficient (Wildman–Crippen LogP) is 5.78. The summed E-state index contributed by atoms with van der Waals surface area (Å²) in [5.74, 6) is 0.116. The average molecular weight is 388 g/mol. The molecule has 1 heterocycles. The zero-order chi connectivity index (χ0) is 20.9. The van der Waals surface area contributed by atoms with Gasteiger partial charge in [0, 0.05) is 30.0 Å². The van der Waals surface area contributed by atoms with E-state index in [1.807, 2.05) is 36.9 Å². The fourth-order valence-corrected chi connectivity index (χ4v) is 4.92. The van der Waals surface area contributed by atoms with Gasteiger partial charge < -0.3 is 0 Å². The van der Waals surface area contributed by atoms with Crippen LogP contribution in [0.15, 0.2) is 53.7 Å². The molecule has 0 N–H and O–H groups in total. The van der Waals surface area contributed by atoms with Crippen LogP contribution in [-0.4, -0.2) is 11.7 Å². The number of para-hydroxylation sites is 1. The number of Topliss-reactive ketones (excluding diaryl/α,β-unsaturated/α-hetero) is 1. The van der Waals surface area contributed by atoms with Gasteiger partial charge in [0.15, 0.2) is 5.78 Å². The third kappa shape index (κ3) is 3.43. The SMILES string of the molecule is Cc1ccc(C2CC(=O)N(c3c(C)cccc3C)C3=C2C(=O)CC(C)(C)C3)cc1.